The van der Waals surface area contributed by atoms with Crippen LogP contribution in [0.2, 0.25) is 0 Å². The fraction of sp³-hybridized carbons (Fsp3) is 0.600. The third kappa shape index (κ3) is 3.66. The molecule has 0 spiro atoms. The van der Waals surface area contributed by atoms with Gasteiger partial charge in [-0.05, 0) is 20.3 Å². The molecule has 0 radical (unpaired) electrons. The highest BCUT2D eigenvalue weighted by Gasteiger charge is 2.31. The van der Waals surface area contributed by atoms with Crippen LogP contribution in [0.5, 0.6) is 0 Å². The number of hydrogen-bond acceptors (Lipinski definition) is 5. The van der Waals surface area contributed by atoms with Gasteiger partial charge in [0.15, 0.2) is 0 Å². The molecule has 1 aromatic heterocycles. The van der Waals surface area contributed by atoms with Crippen LogP contribution in [0.1, 0.15) is 25.3 Å². The van der Waals surface area contributed by atoms with Crippen molar-refractivity contribution in [3.63, 3.8) is 0 Å². The van der Waals surface area contributed by atoms with E-state index in [-0.39, 0.29) is 6.54 Å². The normalized spacial score (nSPS) is 13.7. The molecular weight excluding hydrogens is 256 g/mol. The minimum Gasteiger partial charge on any atom is -0.481 e. The summed E-state index contributed by atoms with van der Waals surface area (Å²) in [6, 6.07) is -0.480. The SMILES string of the molecule is CCC(C)(CNC(=O)Nc1nnc(C)s1)C(=O)O. The number of carboxylic acids is 1. The zero-order valence-electron chi connectivity index (χ0n) is 10.5. The van der Waals surface area contributed by atoms with Crippen molar-refractivity contribution in [1.29, 1.82) is 0 Å². The van der Waals surface area contributed by atoms with Crippen LogP contribution in [0.15, 0.2) is 0 Å². The van der Waals surface area contributed by atoms with Gasteiger partial charge in [0.05, 0.1) is 5.41 Å². The fourth-order valence-electron chi connectivity index (χ4n) is 1.12. The molecule has 1 atom stereocenters. The third-order valence-corrected chi connectivity index (χ3v) is 3.44. The largest absolute Gasteiger partial charge is 0.481 e. The molecule has 100 valence electrons. The van der Waals surface area contributed by atoms with Crippen LogP contribution >= 0.6 is 11.3 Å². The summed E-state index contributed by atoms with van der Waals surface area (Å²) in [6.45, 7) is 5.19. The fourth-order valence-corrected chi connectivity index (χ4v) is 1.70. The topological polar surface area (TPSA) is 104 Å². The second-order valence-corrected chi connectivity index (χ2v) is 5.33. The second-order valence-electron chi connectivity index (χ2n) is 4.15. The lowest BCUT2D eigenvalue weighted by Gasteiger charge is -2.22. The molecule has 1 aromatic rings. The molecule has 1 unspecified atom stereocenters. The molecular formula is C10H16N4O3S. The Morgan fingerprint density at radius 1 is 1.44 bits per heavy atom. The van der Waals surface area contributed by atoms with E-state index in [1.165, 1.54) is 11.3 Å². The molecule has 0 fully saturated rings. The van der Waals surface area contributed by atoms with Crippen LogP contribution in [-0.2, 0) is 4.79 Å². The quantitative estimate of drug-likeness (QED) is 0.753. The summed E-state index contributed by atoms with van der Waals surface area (Å²) in [5.41, 5.74) is -0.964. The van der Waals surface area contributed by atoms with Crippen molar-refractivity contribution < 1.29 is 14.7 Å². The molecule has 8 heteroatoms. The molecule has 0 saturated heterocycles. The van der Waals surface area contributed by atoms with Crippen molar-refractivity contribution in [1.82, 2.24) is 15.5 Å². The Balaban J connectivity index is 2.48. The first-order chi connectivity index (χ1) is 8.37. The van der Waals surface area contributed by atoms with Gasteiger partial charge in [-0.3, -0.25) is 10.1 Å². The number of anilines is 1. The zero-order valence-corrected chi connectivity index (χ0v) is 11.3. The molecule has 7 nitrogen and oxygen atoms in total. The van der Waals surface area contributed by atoms with Gasteiger partial charge >= 0.3 is 12.0 Å². The Labute approximate surface area is 109 Å². The summed E-state index contributed by atoms with van der Waals surface area (Å²) >= 11 is 1.25. The number of urea groups is 1. The highest BCUT2D eigenvalue weighted by molar-refractivity contribution is 7.15. The van der Waals surface area contributed by atoms with Crippen LogP contribution in [0.3, 0.4) is 0 Å². The lowest BCUT2D eigenvalue weighted by Crippen LogP contribution is -2.42. The first-order valence-electron chi connectivity index (χ1n) is 5.46. The maximum Gasteiger partial charge on any atom is 0.321 e. The number of rotatable bonds is 5. The molecule has 1 heterocycles. The number of nitrogens with zero attached hydrogens (tertiary/aromatic N) is 2. The molecule has 1 rings (SSSR count). The number of hydrogen-bond donors (Lipinski definition) is 3. The number of carbonyl (C=O) groups is 2. The van der Waals surface area contributed by atoms with Gasteiger partial charge in [-0.25, -0.2) is 4.79 Å². The van der Waals surface area contributed by atoms with E-state index in [0.29, 0.717) is 11.6 Å². The Morgan fingerprint density at radius 3 is 2.56 bits per heavy atom. The molecule has 0 saturated carbocycles. The van der Waals surface area contributed by atoms with Crippen LogP contribution in [-0.4, -0.2) is 33.8 Å². The summed E-state index contributed by atoms with van der Waals surface area (Å²) in [4.78, 5) is 22.6. The van der Waals surface area contributed by atoms with Gasteiger partial charge in [0.1, 0.15) is 5.01 Å². The van der Waals surface area contributed by atoms with Gasteiger partial charge in [-0.2, -0.15) is 0 Å². The molecule has 0 aliphatic heterocycles. The van der Waals surface area contributed by atoms with Crippen molar-refractivity contribution >= 4 is 28.5 Å². The number of aromatic nitrogens is 2. The molecule has 0 aliphatic rings. The van der Waals surface area contributed by atoms with Gasteiger partial charge < -0.3 is 10.4 Å². The predicted molar refractivity (Wildman–Crippen MR) is 67.7 cm³/mol. The molecule has 2 amide bonds. The highest BCUT2D eigenvalue weighted by Crippen LogP contribution is 2.20. The molecule has 18 heavy (non-hydrogen) atoms. The maximum absolute atomic E-state index is 11.5. The zero-order chi connectivity index (χ0) is 13.8. The second kappa shape index (κ2) is 5.76. The standard InChI is InChI=1S/C10H16N4O3S/c1-4-10(3,7(15)16)5-11-8(17)12-9-14-13-6(2)18-9/h4-5H2,1-3H3,(H,15,16)(H2,11,12,14,17). The number of aryl methyl sites for hydroxylation is 1. The molecule has 0 aromatic carbocycles. The Morgan fingerprint density at radius 2 is 2.11 bits per heavy atom. The number of aliphatic carboxylic acids is 1. The molecule has 0 bridgehead atoms. The van der Waals surface area contributed by atoms with Crippen molar-refractivity contribution in [2.75, 3.05) is 11.9 Å². The van der Waals surface area contributed by atoms with E-state index in [1.807, 2.05) is 0 Å². The molecule has 0 aliphatic carbocycles. The van der Waals surface area contributed by atoms with Crippen LogP contribution in [0.4, 0.5) is 9.93 Å². The van der Waals surface area contributed by atoms with Gasteiger partial charge in [0, 0.05) is 6.54 Å². The summed E-state index contributed by atoms with van der Waals surface area (Å²) in [7, 11) is 0. The van der Waals surface area contributed by atoms with Gasteiger partial charge in [0.25, 0.3) is 0 Å². The number of amides is 2. The maximum atomic E-state index is 11.5. The average molecular weight is 272 g/mol. The van der Waals surface area contributed by atoms with Gasteiger partial charge in [0.2, 0.25) is 5.13 Å². The van der Waals surface area contributed by atoms with E-state index in [1.54, 1.807) is 20.8 Å². The minimum atomic E-state index is -0.964. The van der Waals surface area contributed by atoms with E-state index in [9.17, 15) is 9.59 Å². The number of nitrogens with one attached hydrogen (secondary N) is 2. The number of carboxylic acid groups (broad SMARTS) is 1. The van der Waals surface area contributed by atoms with E-state index >= 15 is 0 Å². The monoisotopic (exact) mass is 272 g/mol. The summed E-state index contributed by atoms with van der Waals surface area (Å²) in [6.07, 6.45) is 0.431. The Hall–Kier alpha value is -1.70. The molecule has 3 N–H and O–H groups in total. The number of carbonyl (C=O) groups excluding carboxylic acids is 1. The van der Waals surface area contributed by atoms with Crippen molar-refractivity contribution in [2.45, 2.75) is 27.2 Å². The van der Waals surface area contributed by atoms with Crippen molar-refractivity contribution in [2.24, 2.45) is 5.41 Å². The van der Waals surface area contributed by atoms with Gasteiger partial charge in [-0.1, -0.05) is 18.3 Å². The van der Waals surface area contributed by atoms with Crippen LogP contribution in [0.25, 0.3) is 0 Å². The Kier molecular flexibility index (Phi) is 4.60. The third-order valence-electron chi connectivity index (χ3n) is 2.68. The predicted octanol–water partition coefficient (Wildman–Crippen LogP) is 1.47. The summed E-state index contributed by atoms with van der Waals surface area (Å²) < 4.78 is 0. The van der Waals surface area contributed by atoms with Crippen LogP contribution < -0.4 is 10.6 Å². The Bertz CT molecular complexity index is 448. The lowest BCUT2D eigenvalue weighted by molar-refractivity contribution is -0.147. The minimum absolute atomic E-state index is 0.0580. The van der Waals surface area contributed by atoms with Crippen LogP contribution in [0, 0.1) is 12.3 Å². The first-order valence-corrected chi connectivity index (χ1v) is 6.27. The first kappa shape index (κ1) is 14.4. The summed E-state index contributed by atoms with van der Waals surface area (Å²) in [5, 5.41) is 22.7. The lowest BCUT2D eigenvalue weighted by atomic mass is 9.88. The highest BCUT2D eigenvalue weighted by atomic mass is 32.1. The summed E-state index contributed by atoms with van der Waals surface area (Å²) in [5.74, 6) is -0.933. The van der Waals surface area contributed by atoms with E-state index < -0.39 is 17.4 Å². The van der Waals surface area contributed by atoms with Gasteiger partial charge in [-0.15, -0.1) is 10.2 Å². The van der Waals surface area contributed by atoms with Crippen molar-refractivity contribution in [3.8, 4) is 0 Å². The van der Waals surface area contributed by atoms with Crippen molar-refractivity contribution in [3.05, 3.63) is 5.01 Å². The average Bonchev–Trinajstić information content (AvgIpc) is 2.71. The smallest absolute Gasteiger partial charge is 0.321 e. The van der Waals surface area contributed by atoms with E-state index in [0.717, 1.165) is 5.01 Å². The van der Waals surface area contributed by atoms with E-state index in [2.05, 4.69) is 20.8 Å². The van der Waals surface area contributed by atoms with E-state index in [4.69, 9.17) is 5.11 Å².